The fourth-order valence-electron chi connectivity index (χ4n) is 3.34. The maximum atomic E-state index is 11.2. The number of nitro benzene ring substituents is 1. The highest BCUT2D eigenvalue weighted by atomic mass is 32.1. The van der Waals surface area contributed by atoms with E-state index >= 15 is 0 Å². The number of non-ortho nitro benzene ring substituents is 1. The standard InChI is InChI=1S/C19H15N5O2S/c20-18(27)23-19-21-16(12-5-3-6-13(10-12)24(25)26)15-9-8-11-4-1-2-7-14(11)17(15)22-19/h1-7,10H,8-9H2,(H3,20,21,22,23,27). The Hall–Kier alpha value is -3.39. The lowest BCUT2D eigenvalue weighted by atomic mass is 9.87. The van der Waals surface area contributed by atoms with E-state index in [1.807, 2.05) is 18.2 Å². The maximum absolute atomic E-state index is 11.2. The van der Waals surface area contributed by atoms with Crippen LogP contribution in [0, 0.1) is 10.1 Å². The first-order valence-corrected chi connectivity index (χ1v) is 8.74. The van der Waals surface area contributed by atoms with Crippen molar-refractivity contribution in [1.29, 1.82) is 0 Å². The molecule has 134 valence electrons. The molecule has 3 aromatic rings. The van der Waals surface area contributed by atoms with Gasteiger partial charge in [-0.25, -0.2) is 9.97 Å². The third-order valence-electron chi connectivity index (χ3n) is 4.49. The molecular weight excluding hydrogens is 362 g/mol. The zero-order chi connectivity index (χ0) is 19.0. The van der Waals surface area contributed by atoms with Crippen LogP contribution >= 0.6 is 12.2 Å². The maximum Gasteiger partial charge on any atom is 0.270 e. The van der Waals surface area contributed by atoms with Crippen molar-refractivity contribution in [2.45, 2.75) is 12.8 Å². The van der Waals surface area contributed by atoms with Gasteiger partial charge in [0.15, 0.2) is 5.11 Å². The Labute approximate surface area is 160 Å². The average molecular weight is 377 g/mol. The third kappa shape index (κ3) is 3.22. The van der Waals surface area contributed by atoms with E-state index in [1.54, 1.807) is 12.1 Å². The number of fused-ring (bicyclic) bond motifs is 3. The summed E-state index contributed by atoms with van der Waals surface area (Å²) in [6.45, 7) is 0. The number of anilines is 1. The van der Waals surface area contributed by atoms with Crippen molar-refractivity contribution in [3.8, 4) is 22.5 Å². The van der Waals surface area contributed by atoms with Gasteiger partial charge in [0.05, 0.1) is 16.3 Å². The molecule has 0 saturated carbocycles. The highest BCUT2D eigenvalue weighted by molar-refractivity contribution is 7.80. The van der Waals surface area contributed by atoms with E-state index in [1.165, 1.54) is 17.7 Å². The lowest BCUT2D eigenvalue weighted by Crippen LogP contribution is -2.22. The van der Waals surface area contributed by atoms with Gasteiger partial charge in [-0.15, -0.1) is 0 Å². The minimum Gasteiger partial charge on any atom is -0.376 e. The number of aryl methyl sites for hydroxylation is 1. The first kappa shape index (κ1) is 17.0. The van der Waals surface area contributed by atoms with Crippen LogP contribution < -0.4 is 11.1 Å². The van der Waals surface area contributed by atoms with E-state index < -0.39 is 4.92 Å². The summed E-state index contributed by atoms with van der Waals surface area (Å²) < 4.78 is 0. The van der Waals surface area contributed by atoms with Crippen LogP contribution in [0.3, 0.4) is 0 Å². The lowest BCUT2D eigenvalue weighted by Gasteiger charge is -2.22. The lowest BCUT2D eigenvalue weighted by molar-refractivity contribution is -0.384. The zero-order valence-electron chi connectivity index (χ0n) is 14.2. The van der Waals surface area contributed by atoms with E-state index in [9.17, 15) is 10.1 Å². The summed E-state index contributed by atoms with van der Waals surface area (Å²) in [5, 5.41) is 14.0. The van der Waals surface area contributed by atoms with Gasteiger partial charge < -0.3 is 11.1 Å². The highest BCUT2D eigenvalue weighted by Gasteiger charge is 2.23. The molecule has 7 nitrogen and oxygen atoms in total. The minimum atomic E-state index is -0.416. The highest BCUT2D eigenvalue weighted by Crippen LogP contribution is 2.38. The van der Waals surface area contributed by atoms with Crippen LogP contribution in [-0.2, 0) is 12.8 Å². The van der Waals surface area contributed by atoms with Crippen LogP contribution in [0.15, 0.2) is 48.5 Å². The number of hydrogen-bond acceptors (Lipinski definition) is 5. The molecule has 1 aliphatic rings. The summed E-state index contributed by atoms with van der Waals surface area (Å²) in [6.07, 6.45) is 1.61. The van der Waals surface area contributed by atoms with E-state index in [2.05, 4.69) is 21.4 Å². The van der Waals surface area contributed by atoms with Gasteiger partial charge in [0, 0.05) is 28.8 Å². The summed E-state index contributed by atoms with van der Waals surface area (Å²) in [7, 11) is 0. The molecule has 0 radical (unpaired) electrons. The molecular formula is C19H15N5O2S. The van der Waals surface area contributed by atoms with Gasteiger partial charge >= 0.3 is 0 Å². The molecule has 0 fully saturated rings. The van der Waals surface area contributed by atoms with Crippen molar-refractivity contribution in [2.75, 3.05) is 5.32 Å². The third-order valence-corrected chi connectivity index (χ3v) is 4.59. The summed E-state index contributed by atoms with van der Waals surface area (Å²) >= 11 is 4.92. The van der Waals surface area contributed by atoms with Gasteiger partial charge in [-0.3, -0.25) is 10.1 Å². The number of rotatable bonds is 3. The Bertz CT molecular complexity index is 1080. The monoisotopic (exact) mass is 377 g/mol. The van der Waals surface area contributed by atoms with Crippen LogP contribution in [0.5, 0.6) is 0 Å². The smallest absolute Gasteiger partial charge is 0.270 e. The summed E-state index contributed by atoms with van der Waals surface area (Å²) in [5.74, 6) is 0.277. The molecule has 0 saturated heterocycles. The van der Waals surface area contributed by atoms with Crippen molar-refractivity contribution in [3.63, 3.8) is 0 Å². The average Bonchev–Trinajstić information content (AvgIpc) is 2.67. The topological polar surface area (TPSA) is 107 Å². The first-order chi connectivity index (χ1) is 13.0. The fourth-order valence-corrected chi connectivity index (χ4v) is 3.44. The van der Waals surface area contributed by atoms with Crippen LogP contribution in [-0.4, -0.2) is 20.0 Å². The molecule has 1 aliphatic carbocycles. The van der Waals surface area contributed by atoms with E-state index in [4.69, 9.17) is 18.0 Å². The number of nitrogens with one attached hydrogen (secondary N) is 1. The molecule has 0 atom stereocenters. The van der Waals surface area contributed by atoms with Gasteiger partial charge in [-0.05, 0) is 30.6 Å². The molecule has 3 N–H and O–H groups in total. The van der Waals surface area contributed by atoms with E-state index in [0.717, 1.165) is 29.7 Å². The van der Waals surface area contributed by atoms with Crippen molar-refractivity contribution in [2.24, 2.45) is 5.73 Å². The molecule has 0 spiro atoms. The fraction of sp³-hybridized carbons (Fsp3) is 0.105. The molecule has 2 aromatic carbocycles. The van der Waals surface area contributed by atoms with Crippen molar-refractivity contribution >= 4 is 29.0 Å². The normalized spacial score (nSPS) is 12.0. The van der Waals surface area contributed by atoms with E-state index in [0.29, 0.717) is 11.3 Å². The second-order valence-electron chi connectivity index (χ2n) is 6.18. The SMILES string of the molecule is NC(=S)Nc1nc(-c2cccc([N+](=O)[O-])c2)c2c(n1)-c1ccccc1CC2. The van der Waals surface area contributed by atoms with Gasteiger partial charge in [-0.1, -0.05) is 36.4 Å². The number of thiocarbonyl (C=S) groups is 1. The number of hydrogen-bond donors (Lipinski definition) is 2. The molecule has 0 bridgehead atoms. The largest absolute Gasteiger partial charge is 0.376 e. The molecule has 4 rings (SSSR count). The van der Waals surface area contributed by atoms with Crippen LogP contribution in [0.4, 0.5) is 11.6 Å². The second kappa shape index (κ2) is 6.73. The number of benzene rings is 2. The first-order valence-electron chi connectivity index (χ1n) is 8.33. The summed E-state index contributed by atoms with van der Waals surface area (Å²) in [6, 6.07) is 14.5. The van der Waals surface area contributed by atoms with E-state index in [-0.39, 0.29) is 16.7 Å². The van der Waals surface area contributed by atoms with Crippen molar-refractivity contribution in [3.05, 3.63) is 69.8 Å². The van der Waals surface area contributed by atoms with Gasteiger partial charge in [0.2, 0.25) is 5.95 Å². The Morgan fingerprint density at radius 2 is 1.89 bits per heavy atom. The van der Waals surface area contributed by atoms with Gasteiger partial charge in [0.25, 0.3) is 5.69 Å². The van der Waals surface area contributed by atoms with Crippen molar-refractivity contribution in [1.82, 2.24) is 9.97 Å². The minimum absolute atomic E-state index is 0.0138. The molecule has 0 aliphatic heterocycles. The molecule has 27 heavy (non-hydrogen) atoms. The Morgan fingerprint density at radius 1 is 1.11 bits per heavy atom. The quantitative estimate of drug-likeness (QED) is 0.409. The second-order valence-corrected chi connectivity index (χ2v) is 6.62. The molecule has 1 heterocycles. The zero-order valence-corrected chi connectivity index (χ0v) is 15.0. The number of nitro groups is 1. The van der Waals surface area contributed by atoms with Crippen LogP contribution in [0.25, 0.3) is 22.5 Å². The molecule has 0 amide bonds. The summed E-state index contributed by atoms with van der Waals surface area (Å²) in [4.78, 5) is 19.9. The van der Waals surface area contributed by atoms with Crippen LogP contribution in [0.2, 0.25) is 0 Å². The number of nitrogens with zero attached hydrogens (tertiary/aromatic N) is 3. The van der Waals surface area contributed by atoms with Crippen LogP contribution in [0.1, 0.15) is 11.1 Å². The number of aromatic nitrogens is 2. The Balaban J connectivity index is 1.96. The predicted octanol–water partition coefficient (Wildman–Crippen LogP) is 3.47. The molecule has 8 heteroatoms. The summed E-state index contributed by atoms with van der Waals surface area (Å²) in [5.41, 5.74) is 10.9. The predicted molar refractivity (Wildman–Crippen MR) is 107 cm³/mol. The number of nitrogens with two attached hydrogens (primary N) is 1. The molecule has 1 aromatic heterocycles. The molecule has 0 unspecified atom stereocenters. The van der Waals surface area contributed by atoms with Gasteiger partial charge in [-0.2, -0.15) is 0 Å². The van der Waals surface area contributed by atoms with Gasteiger partial charge in [0.1, 0.15) is 0 Å². The Kier molecular flexibility index (Phi) is 4.25. The Morgan fingerprint density at radius 3 is 2.67 bits per heavy atom. The van der Waals surface area contributed by atoms with Crippen molar-refractivity contribution < 1.29 is 4.92 Å².